The SMILES string of the molecule is Cc1ccc(C(C)(C(=O)c2ccccc2)C2CNCCO2)c(S)c1. The van der Waals surface area contributed by atoms with Crippen LogP contribution in [0.5, 0.6) is 0 Å². The van der Waals surface area contributed by atoms with Gasteiger partial charge in [-0.15, -0.1) is 12.6 Å². The van der Waals surface area contributed by atoms with Gasteiger partial charge in [0, 0.05) is 23.5 Å². The molecule has 0 radical (unpaired) electrons. The molecule has 3 nitrogen and oxygen atoms in total. The van der Waals surface area contributed by atoms with E-state index >= 15 is 0 Å². The number of aryl methyl sites for hydroxylation is 1. The Kier molecular flexibility index (Phi) is 5.09. The highest BCUT2D eigenvalue weighted by Gasteiger charge is 2.45. The maximum absolute atomic E-state index is 13.5. The van der Waals surface area contributed by atoms with Crippen LogP contribution in [0.25, 0.3) is 0 Å². The fourth-order valence-corrected chi connectivity index (χ4v) is 3.86. The molecule has 0 aliphatic carbocycles. The molecule has 1 heterocycles. The van der Waals surface area contributed by atoms with E-state index in [4.69, 9.17) is 4.74 Å². The number of rotatable bonds is 4. The molecule has 2 atom stereocenters. The van der Waals surface area contributed by atoms with Crippen molar-refractivity contribution in [1.29, 1.82) is 0 Å². The van der Waals surface area contributed by atoms with E-state index in [0.717, 1.165) is 22.6 Å². The van der Waals surface area contributed by atoms with Gasteiger partial charge >= 0.3 is 0 Å². The number of carbonyl (C=O) groups is 1. The fourth-order valence-electron chi connectivity index (χ4n) is 3.35. The molecule has 3 rings (SSSR count). The van der Waals surface area contributed by atoms with Crippen molar-refractivity contribution >= 4 is 18.4 Å². The average Bonchev–Trinajstić information content (AvgIpc) is 2.62. The third-order valence-electron chi connectivity index (χ3n) is 4.79. The summed E-state index contributed by atoms with van der Waals surface area (Å²) in [5.41, 5.74) is 1.95. The molecule has 0 amide bonds. The molecule has 0 bridgehead atoms. The summed E-state index contributed by atoms with van der Waals surface area (Å²) in [6, 6.07) is 15.5. The van der Waals surface area contributed by atoms with Crippen LogP contribution in [0.1, 0.15) is 28.4 Å². The Hall–Kier alpha value is -1.62. The minimum Gasteiger partial charge on any atom is -0.374 e. The Morgan fingerprint density at radius 1 is 1.25 bits per heavy atom. The van der Waals surface area contributed by atoms with Crippen molar-refractivity contribution in [1.82, 2.24) is 5.32 Å². The van der Waals surface area contributed by atoms with Gasteiger partial charge in [-0.1, -0.05) is 48.0 Å². The molecule has 1 aliphatic rings. The molecule has 0 saturated carbocycles. The summed E-state index contributed by atoms with van der Waals surface area (Å²) in [5.74, 6) is 0.0657. The first-order chi connectivity index (χ1) is 11.5. The van der Waals surface area contributed by atoms with E-state index in [0.29, 0.717) is 18.7 Å². The van der Waals surface area contributed by atoms with Crippen LogP contribution in [0.3, 0.4) is 0 Å². The maximum atomic E-state index is 13.5. The summed E-state index contributed by atoms with van der Waals surface area (Å²) in [4.78, 5) is 14.3. The van der Waals surface area contributed by atoms with Crippen molar-refractivity contribution < 1.29 is 9.53 Å². The Labute approximate surface area is 148 Å². The summed E-state index contributed by atoms with van der Waals surface area (Å²) in [5, 5.41) is 3.35. The monoisotopic (exact) mass is 341 g/mol. The highest BCUT2D eigenvalue weighted by molar-refractivity contribution is 7.80. The molecular weight excluding hydrogens is 318 g/mol. The maximum Gasteiger partial charge on any atom is 0.175 e. The molecule has 1 saturated heterocycles. The zero-order chi connectivity index (χ0) is 17.2. The largest absolute Gasteiger partial charge is 0.374 e. The Morgan fingerprint density at radius 3 is 2.62 bits per heavy atom. The number of benzene rings is 2. The number of hydrogen-bond donors (Lipinski definition) is 2. The first-order valence-corrected chi connectivity index (χ1v) is 8.70. The third-order valence-corrected chi connectivity index (χ3v) is 5.16. The van der Waals surface area contributed by atoms with Crippen molar-refractivity contribution in [2.24, 2.45) is 0 Å². The lowest BCUT2D eigenvalue weighted by molar-refractivity contribution is -0.0136. The van der Waals surface area contributed by atoms with Crippen molar-refractivity contribution in [2.75, 3.05) is 19.7 Å². The molecule has 2 unspecified atom stereocenters. The van der Waals surface area contributed by atoms with Crippen molar-refractivity contribution in [3.63, 3.8) is 0 Å². The molecule has 1 fully saturated rings. The quantitative estimate of drug-likeness (QED) is 0.661. The number of Topliss-reactive ketones (excluding diaryl/α,β-unsaturated/α-hetero) is 1. The third kappa shape index (κ3) is 3.14. The van der Waals surface area contributed by atoms with Gasteiger partial charge in [0.25, 0.3) is 0 Å². The zero-order valence-corrected chi connectivity index (χ0v) is 15.0. The van der Waals surface area contributed by atoms with Crippen LogP contribution in [0, 0.1) is 6.92 Å². The Balaban J connectivity index is 2.11. The van der Waals surface area contributed by atoms with E-state index in [1.807, 2.05) is 62.4 Å². The lowest BCUT2D eigenvalue weighted by atomic mass is 9.71. The molecule has 4 heteroatoms. The number of nitrogens with one attached hydrogen (secondary N) is 1. The first-order valence-electron chi connectivity index (χ1n) is 8.25. The van der Waals surface area contributed by atoms with E-state index in [2.05, 4.69) is 17.9 Å². The van der Waals surface area contributed by atoms with Crippen molar-refractivity contribution in [3.8, 4) is 0 Å². The van der Waals surface area contributed by atoms with Gasteiger partial charge in [0.05, 0.1) is 18.1 Å². The lowest BCUT2D eigenvalue weighted by Gasteiger charge is -2.39. The zero-order valence-electron chi connectivity index (χ0n) is 14.1. The summed E-state index contributed by atoms with van der Waals surface area (Å²) >= 11 is 4.66. The highest BCUT2D eigenvalue weighted by atomic mass is 32.1. The summed E-state index contributed by atoms with van der Waals surface area (Å²) in [6.07, 6.45) is -0.229. The van der Waals surface area contributed by atoms with E-state index in [1.165, 1.54) is 0 Å². The number of ether oxygens (including phenoxy) is 1. The second kappa shape index (κ2) is 7.09. The second-order valence-corrected chi connectivity index (χ2v) is 6.96. The molecule has 1 aliphatic heterocycles. The van der Waals surface area contributed by atoms with Crippen molar-refractivity contribution in [2.45, 2.75) is 30.3 Å². The van der Waals surface area contributed by atoms with Gasteiger partial charge < -0.3 is 10.1 Å². The van der Waals surface area contributed by atoms with Crippen molar-refractivity contribution in [3.05, 3.63) is 65.2 Å². The van der Waals surface area contributed by atoms with Gasteiger partial charge in [-0.2, -0.15) is 0 Å². The van der Waals surface area contributed by atoms with Crippen LogP contribution >= 0.6 is 12.6 Å². The predicted octanol–water partition coefficient (Wildman–Crippen LogP) is 3.41. The van der Waals surface area contributed by atoms with Gasteiger partial charge in [-0.05, 0) is 25.5 Å². The van der Waals surface area contributed by atoms with Crippen LogP contribution in [-0.4, -0.2) is 31.6 Å². The van der Waals surface area contributed by atoms with E-state index in [9.17, 15) is 4.79 Å². The Morgan fingerprint density at radius 2 is 2.00 bits per heavy atom. The minimum absolute atomic E-state index is 0.0657. The minimum atomic E-state index is -0.792. The average molecular weight is 341 g/mol. The smallest absolute Gasteiger partial charge is 0.175 e. The fraction of sp³-hybridized carbons (Fsp3) is 0.350. The van der Waals surface area contributed by atoms with Gasteiger partial charge in [0.1, 0.15) is 0 Å². The molecule has 126 valence electrons. The standard InChI is InChI=1S/C20H23NO2S/c1-14-8-9-16(17(24)12-14)20(2,18-13-21-10-11-23-18)19(22)15-6-4-3-5-7-15/h3-9,12,18,21,24H,10-11,13H2,1-2H3. The van der Waals surface area contributed by atoms with Crippen LogP contribution in [-0.2, 0) is 10.2 Å². The van der Waals surface area contributed by atoms with Gasteiger partial charge in [0.15, 0.2) is 5.78 Å². The number of hydrogen-bond acceptors (Lipinski definition) is 4. The van der Waals surface area contributed by atoms with Gasteiger partial charge in [-0.25, -0.2) is 0 Å². The van der Waals surface area contributed by atoms with E-state index in [-0.39, 0.29) is 11.9 Å². The van der Waals surface area contributed by atoms with E-state index < -0.39 is 5.41 Å². The lowest BCUT2D eigenvalue weighted by Crippen LogP contribution is -2.54. The highest BCUT2D eigenvalue weighted by Crippen LogP contribution is 2.37. The Bertz CT molecular complexity index is 726. The summed E-state index contributed by atoms with van der Waals surface area (Å²) in [6.45, 7) is 6.07. The molecule has 0 spiro atoms. The van der Waals surface area contributed by atoms with Crippen LogP contribution in [0.2, 0.25) is 0 Å². The van der Waals surface area contributed by atoms with Gasteiger partial charge in [-0.3, -0.25) is 4.79 Å². The number of ketones is 1. The molecule has 0 aromatic heterocycles. The second-order valence-electron chi connectivity index (χ2n) is 6.48. The number of morpholine rings is 1. The molecule has 1 N–H and O–H groups in total. The summed E-state index contributed by atoms with van der Waals surface area (Å²) in [7, 11) is 0. The van der Waals surface area contributed by atoms with Crippen LogP contribution in [0.4, 0.5) is 0 Å². The first kappa shape index (κ1) is 17.2. The predicted molar refractivity (Wildman–Crippen MR) is 99.2 cm³/mol. The van der Waals surface area contributed by atoms with Crippen LogP contribution in [0.15, 0.2) is 53.4 Å². The molecule has 2 aromatic rings. The molecular formula is C20H23NO2S. The summed E-state index contributed by atoms with van der Waals surface area (Å²) < 4.78 is 6.01. The topological polar surface area (TPSA) is 38.3 Å². The van der Waals surface area contributed by atoms with E-state index in [1.54, 1.807) is 0 Å². The number of thiol groups is 1. The molecule has 2 aromatic carbocycles. The normalized spacial score (nSPS) is 20.4. The van der Waals surface area contributed by atoms with Crippen LogP contribution < -0.4 is 5.32 Å². The number of carbonyl (C=O) groups excluding carboxylic acids is 1. The molecule has 24 heavy (non-hydrogen) atoms. The van der Waals surface area contributed by atoms with Gasteiger partial charge in [0.2, 0.25) is 0 Å².